The van der Waals surface area contributed by atoms with E-state index in [9.17, 15) is 5.11 Å². The first-order chi connectivity index (χ1) is 11.2. The Morgan fingerprint density at radius 3 is 2.26 bits per heavy atom. The number of rotatable bonds is 13. The van der Waals surface area contributed by atoms with Gasteiger partial charge in [-0.2, -0.15) is 0 Å². The first-order valence-electron chi connectivity index (χ1n) is 8.11. The lowest BCUT2D eigenvalue weighted by Gasteiger charge is -2.23. The van der Waals surface area contributed by atoms with Crippen LogP contribution in [-0.2, 0) is 11.2 Å². The minimum atomic E-state index is -0.656. The second-order valence-electron chi connectivity index (χ2n) is 5.32. The summed E-state index contributed by atoms with van der Waals surface area (Å²) in [6.45, 7) is 4.34. The fourth-order valence-electron chi connectivity index (χ4n) is 2.19. The molecule has 0 spiro atoms. The van der Waals surface area contributed by atoms with Crippen molar-refractivity contribution in [1.29, 1.82) is 0 Å². The lowest BCUT2D eigenvalue weighted by atomic mass is 10.2. The average Bonchev–Trinajstić information content (AvgIpc) is 2.55. The molecule has 0 saturated heterocycles. The van der Waals surface area contributed by atoms with Crippen LogP contribution in [0, 0.1) is 0 Å². The van der Waals surface area contributed by atoms with Crippen LogP contribution < -0.4 is 4.74 Å². The van der Waals surface area contributed by atoms with E-state index in [-0.39, 0.29) is 19.8 Å². The van der Waals surface area contributed by atoms with Gasteiger partial charge in [-0.05, 0) is 24.1 Å². The monoisotopic (exact) mass is 327 g/mol. The Morgan fingerprint density at radius 1 is 1.04 bits per heavy atom. The lowest BCUT2D eigenvalue weighted by molar-refractivity contribution is 0.00362. The maximum Gasteiger partial charge on any atom is 0.119 e. The van der Waals surface area contributed by atoms with Crippen LogP contribution in [0.3, 0.4) is 0 Å². The number of aliphatic hydroxyl groups is 3. The molecule has 6 nitrogen and oxygen atoms in total. The first-order valence-corrected chi connectivity index (χ1v) is 8.11. The smallest absolute Gasteiger partial charge is 0.119 e. The zero-order valence-electron chi connectivity index (χ0n) is 13.9. The molecule has 1 aromatic rings. The molecule has 0 unspecified atom stereocenters. The zero-order chi connectivity index (χ0) is 16.9. The molecular formula is C17H29NO5. The van der Waals surface area contributed by atoms with Gasteiger partial charge in [0, 0.05) is 19.6 Å². The van der Waals surface area contributed by atoms with Crippen molar-refractivity contribution >= 4 is 0 Å². The van der Waals surface area contributed by atoms with Crippen molar-refractivity contribution in [3.8, 4) is 5.75 Å². The fraction of sp³-hybridized carbons (Fsp3) is 0.647. The molecule has 3 N–H and O–H groups in total. The van der Waals surface area contributed by atoms with E-state index >= 15 is 0 Å². The van der Waals surface area contributed by atoms with E-state index in [2.05, 4.69) is 6.92 Å². The van der Waals surface area contributed by atoms with Crippen LogP contribution in [0.5, 0.6) is 5.75 Å². The van der Waals surface area contributed by atoms with Crippen molar-refractivity contribution in [2.45, 2.75) is 19.4 Å². The second-order valence-corrected chi connectivity index (χ2v) is 5.32. The highest BCUT2D eigenvalue weighted by Crippen LogP contribution is 2.12. The average molecular weight is 327 g/mol. The van der Waals surface area contributed by atoms with Crippen LogP contribution in [0.25, 0.3) is 0 Å². The van der Waals surface area contributed by atoms with Gasteiger partial charge in [0.1, 0.15) is 12.4 Å². The summed E-state index contributed by atoms with van der Waals surface area (Å²) < 4.78 is 11.0. The summed E-state index contributed by atoms with van der Waals surface area (Å²) in [5.74, 6) is 0.809. The molecule has 0 amide bonds. The maximum absolute atomic E-state index is 9.88. The Kier molecular flexibility index (Phi) is 10.6. The van der Waals surface area contributed by atoms with Gasteiger partial charge in [-0.3, -0.25) is 4.90 Å². The van der Waals surface area contributed by atoms with Crippen LogP contribution >= 0.6 is 0 Å². The normalized spacial score (nSPS) is 12.6. The van der Waals surface area contributed by atoms with E-state index in [4.69, 9.17) is 19.7 Å². The summed E-state index contributed by atoms with van der Waals surface area (Å²) in [6.07, 6.45) is 0.349. The Balaban J connectivity index is 2.13. The van der Waals surface area contributed by atoms with E-state index in [1.807, 2.05) is 24.3 Å². The van der Waals surface area contributed by atoms with Crippen molar-refractivity contribution < 1.29 is 24.8 Å². The summed E-state index contributed by atoms with van der Waals surface area (Å²) in [4.78, 5) is 1.79. The third-order valence-corrected chi connectivity index (χ3v) is 3.44. The summed E-state index contributed by atoms with van der Waals surface area (Å²) in [5, 5.41) is 27.7. The molecule has 0 saturated carbocycles. The van der Waals surface area contributed by atoms with Crippen molar-refractivity contribution in [3.63, 3.8) is 0 Å². The van der Waals surface area contributed by atoms with Crippen molar-refractivity contribution in [2.75, 3.05) is 52.7 Å². The van der Waals surface area contributed by atoms with E-state index in [1.165, 1.54) is 5.56 Å². The summed E-state index contributed by atoms with van der Waals surface area (Å²) >= 11 is 0. The zero-order valence-corrected chi connectivity index (χ0v) is 13.9. The molecule has 132 valence electrons. The number of aliphatic hydroxyl groups excluding tert-OH is 3. The molecule has 1 aromatic carbocycles. The Morgan fingerprint density at radius 2 is 1.70 bits per heavy atom. The third-order valence-electron chi connectivity index (χ3n) is 3.44. The van der Waals surface area contributed by atoms with Crippen LogP contribution in [0.4, 0.5) is 0 Å². The van der Waals surface area contributed by atoms with Crippen molar-refractivity contribution in [1.82, 2.24) is 4.90 Å². The van der Waals surface area contributed by atoms with Gasteiger partial charge < -0.3 is 24.8 Å². The van der Waals surface area contributed by atoms with E-state index in [1.54, 1.807) is 4.90 Å². The number of hydrogen-bond acceptors (Lipinski definition) is 6. The molecule has 0 heterocycles. The van der Waals surface area contributed by atoms with Gasteiger partial charge in [0.2, 0.25) is 0 Å². The topological polar surface area (TPSA) is 82.4 Å². The van der Waals surface area contributed by atoms with E-state index in [0.717, 1.165) is 12.2 Å². The van der Waals surface area contributed by atoms with Gasteiger partial charge in [-0.1, -0.05) is 19.1 Å². The lowest BCUT2D eigenvalue weighted by Crippen LogP contribution is -2.38. The van der Waals surface area contributed by atoms with Crippen LogP contribution in [0.1, 0.15) is 12.5 Å². The number of ether oxygens (including phenoxy) is 2. The Bertz CT molecular complexity index is 392. The third kappa shape index (κ3) is 8.88. The van der Waals surface area contributed by atoms with Crippen LogP contribution in [-0.4, -0.2) is 79.0 Å². The molecular weight excluding hydrogens is 298 g/mol. The summed E-state index contributed by atoms with van der Waals surface area (Å²) in [7, 11) is 0. The molecule has 0 aliphatic heterocycles. The highest BCUT2D eigenvalue weighted by atomic mass is 16.5. The minimum Gasteiger partial charge on any atom is -0.491 e. The summed E-state index contributed by atoms with van der Waals surface area (Å²) in [5.41, 5.74) is 1.27. The predicted octanol–water partition coefficient (Wildman–Crippen LogP) is 0.292. The van der Waals surface area contributed by atoms with Crippen LogP contribution in [0.15, 0.2) is 24.3 Å². The van der Waals surface area contributed by atoms with Gasteiger partial charge in [-0.25, -0.2) is 0 Å². The fourth-order valence-corrected chi connectivity index (χ4v) is 2.19. The van der Waals surface area contributed by atoms with Gasteiger partial charge in [0.25, 0.3) is 0 Å². The van der Waals surface area contributed by atoms with E-state index in [0.29, 0.717) is 32.8 Å². The van der Waals surface area contributed by atoms with Gasteiger partial charge >= 0.3 is 0 Å². The minimum absolute atomic E-state index is 0.00175. The Hall–Kier alpha value is -1.18. The summed E-state index contributed by atoms with van der Waals surface area (Å²) in [6, 6.07) is 7.96. The SMILES string of the molecule is CCc1ccc(OCCOC[C@H](O)CN(CCO)CCO)cc1. The largest absolute Gasteiger partial charge is 0.491 e. The van der Waals surface area contributed by atoms with Crippen LogP contribution in [0.2, 0.25) is 0 Å². The predicted molar refractivity (Wildman–Crippen MR) is 88.8 cm³/mol. The maximum atomic E-state index is 9.88. The van der Waals surface area contributed by atoms with Crippen molar-refractivity contribution in [3.05, 3.63) is 29.8 Å². The molecule has 0 aliphatic rings. The number of aryl methyl sites for hydroxylation is 1. The molecule has 0 fully saturated rings. The van der Waals surface area contributed by atoms with Gasteiger partial charge in [0.15, 0.2) is 0 Å². The number of hydrogen-bond donors (Lipinski definition) is 3. The molecule has 0 bridgehead atoms. The van der Waals surface area contributed by atoms with Gasteiger partial charge in [-0.15, -0.1) is 0 Å². The highest BCUT2D eigenvalue weighted by molar-refractivity contribution is 5.27. The van der Waals surface area contributed by atoms with Gasteiger partial charge in [0.05, 0.1) is 32.5 Å². The first kappa shape index (κ1) is 19.9. The number of nitrogens with zero attached hydrogens (tertiary/aromatic N) is 1. The van der Waals surface area contributed by atoms with E-state index < -0.39 is 6.10 Å². The standard InChI is InChI=1S/C17H29NO5/c1-2-15-3-5-17(6-4-15)23-12-11-22-14-16(21)13-18(7-9-19)8-10-20/h3-6,16,19-21H,2,7-14H2,1H3/t16-/m1/s1. The number of benzene rings is 1. The molecule has 0 radical (unpaired) electrons. The Labute approximate surface area is 138 Å². The molecule has 1 atom stereocenters. The van der Waals surface area contributed by atoms with Crippen molar-refractivity contribution in [2.24, 2.45) is 0 Å². The highest BCUT2D eigenvalue weighted by Gasteiger charge is 2.11. The molecule has 6 heteroatoms. The molecule has 0 aromatic heterocycles. The quantitative estimate of drug-likeness (QED) is 0.452. The molecule has 0 aliphatic carbocycles. The molecule has 23 heavy (non-hydrogen) atoms. The molecule has 1 rings (SSSR count). The second kappa shape index (κ2) is 12.3.